The third-order valence-corrected chi connectivity index (χ3v) is 8.28. The molecule has 2 N–H and O–H groups in total. The highest BCUT2D eigenvalue weighted by Gasteiger charge is 2.23. The summed E-state index contributed by atoms with van der Waals surface area (Å²) in [4.78, 5) is 40.6. The molecule has 0 spiro atoms. The largest absolute Gasteiger partial charge is 0.492 e. The molecule has 1 saturated heterocycles. The zero-order valence-electron chi connectivity index (χ0n) is 23.6. The Balaban J connectivity index is 1.42. The van der Waals surface area contributed by atoms with E-state index in [0.717, 1.165) is 45.9 Å². The first-order valence-electron chi connectivity index (χ1n) is 13.9. The van der Waals surface area contributed by atoms with Crippen molar-refractivity contribution in [1.82, 2.24) is 15.5 Å². The molecule has 1 aliphatic rings. The van der Waals surface area contributed by atoms with Gasteiger partial charge in [0.15, 0.2) is 5.78 Å². The maximum absolute atomic E-state index is 14.0. The zero-order valence-corrected chi connectivity index (χ0v) is 24.4. The lowest BCUT2D eigenvalue weighted by Gasteiger charge is -2.26. The minimum Gasteiger partial charge on any atom is -0.492 e. The summed E-state index contributed by atoms with van der Waals surface area (Å²) in [6.07, 6.45) is 2.64. The van der Waals surface area contributed by atoms with Gasteiger partial charge < -0.3 is 24.8 Å². The number of likely N-dealkylation sites (tertiary alicyclic amines) is 1. The van der Waals surface area contributed by atoms with E-state index in [-0.39, 0.29) is 5.78 Å². The van der Waals surface area contributed by atoms with Gasteiger partial charge in [0.2, 0.25) is 0 Å². The van der Waals surface area contributed by atoms with Crippen molar-refractivity contribution < 1.29 is 28.6 Å². The predicted molar refractivity (Wildman–Crippen MR) is 163 cm³/mol. The van der Waals surface area contributed by atoms with Crippen LogP contribution in [-0.4, -0.2) is 63.2 Å². The molecule has 0 bridgehead atoms. The number of hydrogen-bond donors (Lipinski definition) is 2. The average Bonchev–Trinajstić information content (AvgIpc) is 3.40. The molecule has 4 aromatic rings. The third kappa shape index (κ3) is 6.89. The minimum absolute atomic E-state index is 0.137. The monoisotopic (exact) mass is 587 g/mol. The highest BCUT2D eigenvalue weighted by Crippen LogP contribution is 2.41. The number of carbonyl (C=O) groups excluding carboxylic acids is 3. The Kier molecular flexibility index (Phi) is 9.35. The van der Waals surface area contributed by atoms with Gasteiger partial charge in [-0.25, -0.2) is 9.59 Å². The summed E-state index contributed by atoms with van der Waals surface area (Å²) in [5, 5.41) is 5.60. The molecule has 0 aliphatic carbocycles. The highest BCUT2D eigenvalue weighted by molar-refractivity contribution is 7.22. The Morgan fingerprint density at radius 3 is 2.07 bits per heavy atom. The van der Waals surface area contributed by atoms with Crippen LogP contribution in [0.25, 0.3) is 20.5 Å². The van der Waals surface area contributed by atoms with Crippen molar-refractivity contribution in [2.75, 3.05) is 40.3 Å². The van der Waals surface area contributed by atoms with Crippen LogP contribution in [0.15, 0.2) is 66.7 Å². The van der Waals surface area contributed by atoms with Gasteiger partial charge in [-0.3, -0.25) is 9.69 Å². The second kappa shape index (κ2) is 13.5. The number of piperidine rings is 1. The molecule has 2 heterocycles. The van der Waals surface area contributed by atoms with Gasteiger partial charge in [-0.2, -0.15) is 0 Å². The SMILES string of the molecule is CNC(=O)Oc1ccc(-c2sc3cc(OC(=O)NC)ccc3c2C(=O)c2ccc(OCCN3CCCCC3)cc2)cc1. The molecular weight excluding hydrogens is 554 g/mol. The summed E-state index contributed by atoms with van der Waals surface area (Å²) in [5.74, 6) is 1.33. The van der Waals surface area contributed by atoms with E-state index in [1.165, 1.54) is 44.7 Å². The van der Waals surface area contributed by atoms with Gasteiger partial charge in [-0.05, 0) is 98.2 Å². The fourth-order valence-electron chi connectivity index (χ4n) is 4.88. The summed E-state index contributed by atoms with van der Waals surface area (Å²) in [6, 6.07) is 19.4. The van der Waals surface area contributed by atoms with Crippen LogP contribution in [0.1, 0.15) is 35.2 Å². The smallest absolute Gasteiger partial charge is 0.412 e. The fraction of sp³-hybridized carbons (Fsp3) is 0.281. The van der Waals surface area contributed by atoms with Crippen molar-refractivity contribution in [3.63, 3.8) is 0 Å². The molecule has 0 unspecified atom stereocenters. The maximum atomic E-state index is 14.0. The molecule has 5 rings (SSSR count). The molecule has 0 atom stereocenters. The Bertz CT molecular complexity index is 1560. The lowest BCUT2D eigenvalue weighted by Crippen LogP contribution is -2.33. The molecule has 1 aromatic heterocycles. The number of benzene rings is 3. The lowest BCUT2D eigenvalue weighted by molar-refractivity contribution is 0.104. The number of ketones is 1. The van der Waals surface area contributed by atoms with Crippen LogP contribution in [0.2, 0.25) is 0 Å². The minimum atomic E-state index is -0.577. The first kappa shape index (κ1) is 29.1. The number of hydrogen-bond acceptors (Lipinski definition) is 8. The van der Waals surface area contributed by atoms with E-state index in [4.69, 9.17) is 14.2 Å². The van der Waals surface area contributed by atoms with Crippen LogP contribution in [0.3, 0.4) is 0 Å². The third-order valence-electron chi connectivity index (χ3n) is 7.08. The first-order valence-corrected chi connectivity index (χ1v) is 14.7. The second-order valence-electron chi connectivity index (χ2n) is 9.87. The van der Waals surface area contributed by atoms with Crippen LogP contribution in [0.5, 0.6) is 17.2 Å². The normalized spacial score (nSPS) is 13.4. The molecule has 1 fully saturated rings. The lowest BCUT2D eigenvalue weighted by atomic mass is 9.97. The Hall–Kier alpha value is -4.41. The molecule has 2 amide bonds. The quantitative estimate of drug-likeness (QED) is 0.228. The van der Waals surface area contributed by atoms with Gasteiger partial charge in [-0.15, -0.1) is 11.3 Å². The predicted octanol–water partition coefficient (Wildman–Crippen LogP) is 6.10. The van der Waals surface area contributed by atoms with Crippen LogP contribution in [0, 0.1) is 0 Å². The molecule has 3 aromatic carbocycles. The number of thiophene rings is 1. The van der Waals surface area contributed by atoms with Gasteiger partial charge in [0, 0.05) is 46.7 Å². The molecule has 218 valence electrons. The van der Waals surface area contributed by atoms with Crippen LogP contribution >= 0.6 is 11.3 Å². The summed E-state index contributed by atoms with van der Waals surface area (Å²) in [5.41, 5.74) is 1.86. The average molecular weight is 588 g/mol. The molecular formula is C32H33N3O6S. The summed E-state index contributed by atoms with van der Waals surface area (Å²) in [7, 11) is 2.98. The first-order chi connectivity index (χ1) is 20.4. The van der Waals surface area contributed by atoms with Gasteiger partial charge in [0.25, 0.3) is 0 Å². The van der Waals surface area contributed by atoms with E-state index >= 15 is 0 Å². The number of amides is 2. The Morgan fingerprint density at radius 2 is 1.40 bits per heavy atom. The number of rotatable bonds is 9. The van der Waals surface area contributed by atoms with E-state index in [1.54, 1.807) is 54.6 Å². The van der Waals surface area contributed by atoms with Gasteiger partial charge in [0.1, 0.15) is 23.9 Å². The summed E-state index contributed by atoms with van der Waals surface area (Å²) < 4.78 is 17.3. The van der Waals surface area contributed by atoms with E-state index in [9.17, 15) is 14.4 Å². The highest BCUT2D eigenvalue weighted by atomic mass is 32.1. The number of nitrogens with one attached hydrogen (secondary N) is 2. The number of carbonyl (C=O) groups is 3. The van der Waals surface area contributed by atoms with Crippen LogP contribution in [0.4, 0.5) is 9.59 Å². The van der Waals surface area contributed by atoms with Gasteiger partial charge in [0.05, 0.1) is 0 Å². The number of fused-ring (bicyclic) bond motifs is 1. The van der Waals surface area contributed by atoms with Crippen molar-refractivity contribution in [3.8, 4) is 27.7 Å². The molecule has 10 heteroatoms. The van der Waals surface area contributed by atoms with E-state index in [0.29, 0.717) is 29.2 Å². The number of nitrogens with zero attached hydrogens (tertiary/aromatic N) is 1. The van der Waals surface area contributed by atoms with Crippen molar-refractivity contribution in [2.45, 2.75) is 19.3 Å². The second-order valence-corrected chi connectivity index (χ2v) is 10.9. The van der Waals surface area contributed by atoms with Crippen molar-refractivity contribution in [1.29, 1.82) is 0 Å². The Morgan fingerprint density at radius 1 is 0.786 bits per heavy atom. The van der Waals surface area contributed by atoms with E-state index in [1.807, 2.05) is 12.1 Å². The molecule has 0 radical (unpaired) electrons. The molecule has 1 aliphatic heterocycles. The van der Waals surface area contributed by atoms with E-state index in [2.05, 4.69) is 15.5 Å². The fourth-order valence-corrected chi connectivity index (χ4v) is 6.12. The van der Waals surface area contributed by atoms with Gasteiger partial charge in [-0.1, -0.05) is 6.42 Å². The molecule has 9 nitrogen and oxygen atoms in total. The zero-order chi connectivity index (χ0) is 29.5. The molecule has 42 heavy (non-hydrogen) atoms. The number of ether oxygens (including phenoxy) is 3. The topological polar surface area (TPSA) is 106 Å². The maximum Gasteiger partial charge on any atom is 0.412 e. The van der Waals surface area contributed by atoms with Crippen LogP contribution < -0.4 is 24.8 Å². The Labute approximate surface area is 248 Å². The van der Waals surface area contributed by atoms with Crippen molar-refractivity contribution >= 4 is 39.4 Å². The van der Waals surface area contributed by atoms with E-state index < -0.39 is 12.2 Å². The van der Waals surface area contributed by atoms with Crippen molar-refractivity contribution in [2.24, 2.45) is 0 Å². The summed E-state index contributed by atoms with van der Waals surface area (Å²) in [6.45, 7) is 3.74. The van der Waals surface area contributed by atoms with Crippen molar-refractivity contribution in [3.05, 3.63) is 77.9 Å². The summed E-state index contributed by atoms with van der Waals surface area (Å²) >= 11 is 1.42. The van der Waals surface area contributed by atoms with Crippen LogP contribution in [-0.2, 0) is 0 Å². The standard InChI is InChI=1S/C32H33N3O6S/c1-33-31(37)40-24-12-8-22(9-13-24)30-28(26-15-14-25(20-27(26)42-30)41-32(38)34-2)29(36)21-6-10-23(11-7-21)39-19-18-35-16-4-3-5-17-35/h6-15,20H,3-5,16-19H2,1-2H3,(H,33,37)(H,34,38). The van der Waals surface area contributed by atoms with Gasteiger partial charge >= 0.3 is 12.2 Å². The molecule has 0 saturated carbocycles.